The molecule has 0 atom stereocenters. The largest absolute Gasteiger partial charge is 0.512 e. The fourth-order valence-electron chi connectivity index (χ4n) is 3.99. The molecular formula is C31H34IrNO2S-. The van der Waals surface area contributed by atoms with Gasteiger partial charge in [0.2, 0.25) is 0 Å². The molecule has 0 saturated carbocycles. The van der Waals surface area contributed by atoms with Crippen LogP contribution in [0.5, 0.6) is 0 Å². The SMILES string of the molecule is CC(=O)/C=C(/C)O.Cc1[c-]c(-c2cc3sc(-c4c(C)cccc4C)cc3cn2)cc(C(C)(C)C)c1.[Ir]. The van der Waals surface area contributed by atoms with E-state index in [-0.39, 0.29) is 37.1 Å². The van der Waals surface area contributed by atoms with Crippen molar-refractivity contribution in [3.63, 3.8) is 0 Å². The zero-order chi connectivity index (χ0) is 25.9. The fourth-order valence-corrected chi connectivity index (χ4v) is 5.23. The first-order valence-corrected chi connectivity index (χ1v) is 12.6. The average Bonchev–Trinajstić information content (AvgIpc) is 3.14. The molecule has 4 rings (SSSR count). The van der Waals surface area contributed by atoms with Crippen LogP contribution in [-0.4, -0.2) is 15.9 Å². The van der Waals surface area contributed by atoms with Gasteiger partial charge in [-0.1, -0.05) is 52.0 Å². The molecule has 1 radical (unpaired) electrons. The minimum absolute atomic E-state index is 0. The van der Waals surface area contributed by atoms with Gasteiger partial charge in [0.25, 0.3) is 0 Å². The molecule has 3 nitrogen and oxygen atoms in total. The summed E-state index contributed by atoms with van der Waals surface area (Å²) in [4.78, 5) is 16.1. The van der Waals surface area contributed by atoms with E-state index in [0.29, 0.717) is 0 Å². The number of pyridine rings is 1. The maximum absolute atomic E-state index is 10.0. The van der Waals surface area contributed by atoms with Crippen LogP contribution in [0.15, 0.2) is 60.5 Å². The van der Waals surface area contributed by atoms with E-state index in [1.165, 1.54) is 57.1 Å². The number of aliphatic hydroxyl groups is 1. The van der Waals surface area contributed by atoms with E-state index in [1.54, 1.807) is 0 Å². The van der Waals surface area contributed by atoms with Gasteiger partial charge >= 0.3 is 0 Å². The summed E-state index contributed by atoms with van der Waals surface area (Å²) >= 11 is 1.85. The van der Waals surface area contributed by atoms with Crippen LogP contribution < -0.4 is 0 Å². The van der Waals surface area contributed by atoms with Gasteiger partial charge < -0.3 is 10.1 Å². The summed E-state index contributed by atoms with van der Waals surface area (Å²) in [5, 5.41) is 9.57. The van der Waals surface area contributed by atoms with Crippen molar-refractivity contribution >= 4 is 27.2 Å². The molecule has 191 valence electrons. The summed E-state index contributed by atoms with van der Waals surface area (Å²) in [6.07, 6.45) is 3.17. The Balaban J connectivity index is 0.000000503. The van der Waals surface area contributed by atoms with E-state index in [0.717, 1.165) is 16.8 Å². The maximum atomic E-state index is 10.0. The molecule has 0 bridgehead atoms. The Bertz CT molecular complexity index is 1390. The number of hydrogen-bond donors (Lipinski definition) is 1. The summed E-state index contributed by atoms with van der Waals surface area (Å²) in [5.74, 6) is -0.0625. The second kappa shape index (κ2) is 12.1. The number of aliphatic hydroxyl groups excluding tert-OH is 1. The van der Waals surface area contributed by atoms with E-state index in [9.17, 15) is 4.79 Å². The second-order valence-electron chi connectivity index (χ2n) is 10.1. The van der Waals surface area contributed by atoms with Crippen molar-refractivity contribution in [2.24, 2.45) is 0 Å². The van der Waals surface area contributed by atoms with Crippen LogP contribution in [0.25, 0.3) is 31.8 Å². The molecule has 0 unspecified atom stereocenters. The molecule has 0 aliphatic heterocycles. The van der Waals surface area contributed by atoms with E-state index < -0.39 is 0 Å². The predicted molar refractivity (Wildman–Crippen MR) is 149 cm³/mol. The van der Waals surface area contributed by atoms with Gasteiger partial charge in [-0.15, -0.1) is 46.2 Å². The number of allylic oxidation sites excluding steroid dienone is 2. The van der Waals surface area contributed by atoms with Crippen molar-refractivity contribution in [1.29, 1.82) is 0 Å². The number of carbonyl (C=O) groups is 1. The Morgan fingerprint density at radius 3 is 2.19 bits per heavy atom. The van der Waals surface area contributed by atoms with Crippen molar-refractivity contribution in [2.45, 2.75) is 60.8 Å². The smallest absolute Gasteiger partial charge is 0.155 e. The van der Waals surface area contributed by atoms with E-state index in [2.05, 4.69) is 90.1 Å². The topological polar surface area (TPSA) is 50.2 Å². The molecular weight excluding hydrogens is 643 g/mol. The molecule has 0 fully saturated rings. The molecule has 1 N–H and O–H groups in total. The summed E-state index contributed by atoms with van der Waals surface area (Å²) in [5.41, 5.74) is 8.66. The first-order valence-electron chi connectivity index (χ1n) is 11.7. The van der Waals surface area contributed by atoms with Gasteiger partial charge in [-0.2, -0.15) is 0 Å². The van der Waals surface area contributed by atoms with E-state index in [1.807, 2.05) is 17.5 Å². The molecule has 0 spiro atoms. The molecule has 0 saturated heterocycles. The number of ketones is 1. The third kappa shape index (κ3) is 7.46. The molecule has 36 heavy (non-hydrogen) atoms. The fraction of sp³-hybridized carbons (Fsp3) is 0.290. The third-order valence-electron chi connectivity index (χ3n) is 5.69. The molecule has 0 amide bonds. The molecule has 2 aromatic carbocycles. The Kier molecular flexibility index (Phi) is 9.96. The van der Waals surface area contributed by atoms with Gasteiger partial charge in [-0.25, -0.2) is 0 Å². The van der Waals surface area contributed by atoms with Crippen molar-refractivity contribution in [3.05, 3.63) is 88.8 Å². The normalized spacial score (nSPS) is 11.5. The van der Waals surface area contributed by atoms with Crippen molar-refractivity contribution in [2.75, 3.05) is 0 Å². The summed E-state index contributed by atoms with van der Waals surface area (Å²) in [6.45, 7) is 16.1. The number of aryl methyl sites for hydroxylation is 3. The zero-order valence-corrected chi connectivity index (χ0v) is 25.5. The maximum Gasteiger partial charge on any atom is 0.155 e. The minimum Gasteiger partial charge on any atom is -0.512 e. The second-order valence-corrected chi connectivity index (χ2v) is 11.2. The third-order valence-corrected chi connectivity index (χ3v) is 6.80. The predicted octanol–water partition coefficient (Wildman–Crippen LogP) is 8.69. The van der Waals surface area contributed by atoms with E-state index in [4.69, 9.17) is 10.1 Å². The molecule has 0 aliphatic rings. The van der Waals surface area contributed by atoms with Crippen LogP contribution in [0.4, 0.5) is 0 Å². The number of aromatic nitrogens is 1. The quantitative estimate of drug-likeness (QED) is 0.134. The van der Waals surface area contributed by atoms with Crippen LogP contribution in [0, 0.1) is 26.8 Å². The van der Waals surface area contributed by atoms with Crippen LogP contribution in [0.3, 0.4) is 0 Å². The summed E-state index contributed by atoms with van der Waals surface area (Å²) in [7, 11) is 0. The monoisotopic (exact) mass is 677 g/mol. The first kappa shape index (κ1) is 29.6. The van der Waals surface area contributed by atoms with Crippen LogP contribution >= 0.6 is 11.3 Å². The Morgan fingerprint density at radius 1 is 1.03 bits per heavy atom. The van der Waals surface area contributed by atoms with Crippen LogP contribution in [0.2, 0.25) is 0 Å². The minimum atomic E-state index is -0.125. The van der Waals surface area contributed by atoms with Crippen LogP contribution in [-0.2, 0) is 30.3 Å². The Labute approximate surface area is 232 Å². The van der Waals surface area contributed by atoms with E-state index >= 15 is 0 Å². The molecule has 2 heterocycles. The van der Waals surface area contributed by atoms with Gasteiger partial charge in [0.1, 0.15) is 0 Å². The molecule has 5 heteroatoms. The van der Waals surface area contributed by atoms with Gasteiger partial charge in [0.05, 0.1) is 5.76 Å². The van der Waals surface area contributed by atoms with Crippen LogP contribution in [0.1, 0.15) is 56.9 Å². The number of thiophene rings is 1. The number of carbonyl (C=O) groups excluding carboxylic acids is 1. The Morgan fingerprint density at radius 2 is 1.67 bits per heavy atom. The summed E-state index contributed by atoms with van der Waals surface area (Å²) in [6, 6.07) is 19.0. The molecule has 4 aromatic rings. The van der Waals surface area contributed by atoms with Gasteiger partial charge in [0, 0.05) is 47.3 Å². The van der Waals surface area contributed by atoms with Crippen molar-refractivity contribution in [3.8, 4) is 21.7 Å². The zero-order valence-electron chi connectivity index (χ0n) is 22.2. The summed E-state index contributed by atoms with van der Waals surface area (Å²) < 4.78 is 1.27. The standard InChI is InChI=1S/C26H26NS.C5H8O2.Ir/c1-16-10-19(12-21(11-16)26(4,5)6)22-14-23-20(15-27-22)13-24(28-23)25-17(2)8-7-9-18(25)3;1-4(6)3-5(2)7;/h7-9,11-15H,1-6H3;3,6H,1-2H3;/q-1;;/b;4-3-;. The number of rotatable bonds is 3. The Hall–Kier alpha value is -2.59. The van der Waals surface area contributed by atoms with Gasteiger partial charge in [-0.05, 0) is 61.6 Å². The van der Waals surface area contributed by atoms with Gasteiger partial charge in [0.15, 0.2) is 5.78 Å². The molecule has 2 aromatic heterocycles. The molecule has 0 aliphatic carbocycles. The number of benzene rings is 2. The first-order chi connectivity index (χ1) is 16.3. The average molecular weight is 677 g/mol. The van der Waals surface area contributed by atoms with Crippen molar-refractivity contribution < 1.29 is 30.0 Å². The van der Waals surface area contributed by atoms with Crippen molar-refractivity contribution in [1.82, 2.24) is 4.98 Å². The number of fused-ring (bicyclic) bond motifs is 1. The number of hydrogen-bond acceptors (Lipinski definition) is 4. The van der Waals surface area contributed by atoms with Gasteiger partial charge in [-0.3, -0.25) is 4.79 Å². The number of nitrogens with zero attached hydrogens (tertiary/aromatic N) is 1.